The van der Waals surface area contributed by atoms with E-state index in [9.17, 15) is 5.11 Å². The molecule has 0 amide bonds. The Morgan fingerprint density at radius 2 is 2.23 bits per heavy atom. The second kappa shape index (κ2) is 3.95. The molecule has 0 spiro atoms. The lowest BCUT2D eigenvalue weighted by Crippen LogP contribution is -2.44. The smallest absolute Gasteiger partial charge is 0.0595 e. The molecule has 2 saturated heterocycles. The van der Waals surface area contributed by atoms with E-state index in [1.165, 1.54) is 6.42 Å². The summed E-state index contributed by atoms with van der Waals surface area (Å²) in [6, 6.07) is 0. The van der Waals surface area contributed by atoms with Gasteiger partial charge in [0.15, 0.2) is 0 Å². The lowest BCUT2D eigenvalue weighted by molar-refractivity contribution is 0.0112. The largest absolute Gasteiger partial charge is 0.393 e. The molecule has 3 atom stereocenters. The molecule has 0 aromatic heterocycles. The first-order chi connectivity index (χ1) is 6.27. The second-order valence-corrected chi connectivity index (χ2v) is 4.53. The number of nitrogens with zero attached hydrogens (tertiary/aromatic N) is 1. The Kier molecular flexibility index (Phi) is 2.86. The van der Waals surface area contributed by atoms with Gasteiger partial charge in [-0.25, -0.2) is 0 Å². The van der Waals surface area contributed by atoms with Crippen molar-refractivity contribution in [1.82, 2.24) is 10.2 Å². The van der Waals surface area contributed by atoms with Gasteiger partial charge in [0.2, 0.25) is 0 Å². The number of hydrogen-bond acceptors (Lipinski definition) is 3. The van der Waals surface area contributed by atoms with Crippen molar-refractivity contribution < 1.29 is 5.11 Å². The molecule has 0 aliphatic carbocycles. The standard InChI is InChI=1S/C10H20N2O/c1-12-5-3-10(13)9(7-12)8-2-4-11-6-8/h8-11,13H,2-7H2,1H3. The van der Waals surface area contributed by atoms with Crippen LogP contribution in [-0.2, 0) is 0 Å². The van der Waals surface area contributed by atoms with Gasteiger partial charge in [-0.1, -0.05) is 0 Å². The monoisotopic (exact) mass is 184 g/mol. The van der Waals surface area contributed by atoms with Crippen LogP contribution in [0.4, 0.5) is 0 Å². The van der Waals surface area contributed by atoms with Crippen molar-refractivity contribution in [2.45, 2.75) is 18.9 Å². The zero-order valence-corrected chi connectivity index (χ0v) is 8.37. The average molecular weight is 184 g/mol. The predicted octanol–water partition coefficient (Wildman–Crippen LogP) is -0.0915. The van der Waals surface area contributed by atoms with Crippen LogP contribution in [0.2, 0.25) is 0 Å². The molecule has 13 heavy (non-hydrogen) atoms. The minimum atomic E-state index is -0.0545. The third-order valence-electron chi connectivity index (χ3n) is 3.53. The summed E-state index contributed by atoms with van der Waals surface area (Å²) in [6.07, 6.45) is 2.15. The van der Waals surface area contributed by atoms with Crippen molar-refractivity contribution >= 4 is 0 Å². The molecule has 0 saturated carbocycles. The van der Waals surface area contributed by atoms with Gasteiger partial charge in [0.05, 0.1) is 6.10 Å². The summed E-state index contributed by atoms with van der Waals surface area (Å²) in [6.45, 7) is 4.37. The van der Waals surface area contributed by atoms with Crippen LogP contribution in [0, 0.1) is 11.8 Å². The molecule has 2 rings (SSSR count). The Balaban J connectivity index is 1.94. The maximum absolute atomic E-state index is 9.89. The lowest BCUT2D eigenvalue weighted by atomic mass is 9.83. The van der Waals surface area contributed by atoms with Gasteiger partial charge in [-0.05, 0) is 38.9 Å². The van der Waals surface area contributed by atoms with E-state index in [0.29, 0.717) is 11.8 Å². The Morgan fingerprint density at radius 1 is 1.38 bits per heavy atom. The van der Waals surface area contributed by atoms with E-state index >= 15 is 0 Å². The Labute approximate surface area is 80.1 Å². The topological polar surface area (TPSA) is 35.5 Å². The number of hydrogen-bond donors (Lipinski definition) is 2. The molecule has 0 bridgehead atoms. The summed E-state index contributed by atoms with van der Waals surface area (Å²) in [5.41, 5.74) is 0. The van der Waals surface area contributed by atoms with Crippen LogP contribution in [0.3, 0.4) is 0 Å². The van der Waals surface area contributed by atoms with Crippen molar-refractivity contribution in [3.63, 3.8) is 0 Å². The first-order valence-electron chi connectivity index (χ1n) is 5.34. The Morgan fingerprint density at radius 3 is 2.92 bits per heavy atom. The summed E-state index contributed by atoms with van der Waals surface area (Å²) in [4.78, 5) is 2.34. The molecule has 2 N–H and O–H groups in total. The minimum absolute atomic E-state index is 0.0545. The van der Waals surface area contributed by atoms with Crippen LogP contribution in [0.25, 0.3) is 0 Å². The van der Waals surface area contributed by atoms with Gasteiger partial charge < -0.3 is 15.3 Å². The zero-order valence-electron chi connectivity index (χ0n) is 8.37. The lowest BCUT2D eigenvalue weighted by Gasteiger charge is -2.37. The maximum atomic E-state index is 9.89. The molecular formula is C10H20N2O. The van der Waals surface area contributed by atoms with Gasteiger partial charge in [-0.3, -0.25) is 0 Å². The molecule has 2 fully saturated rings. The molecule has 2 heterocycles. The minimum Gasteiger partial charge on any atom is -0.393 e. The highest BCUT2D eigenvalue weighted by atomic mass is 16.3. The van der Waals surface area contributed by atoms with Crippen LogP contribution in [-0.4, -0.2) is 49.3 Å². The van der Waals surface area contributed by atoms with E-state index < -0.39 is 0 Å². The molecule has 0 radical (unpaired) electrons. The fourth-order valence-corrected chi connectivity index (χ4v) is 2.65. The average Bonchev–Trinajstić information content (AvgIpc) is 2.61. The molecule has 3 nitrogen and oxygen atoms in total. The second-order valence-electron chi connectivity index (χ2n) is 4.53. The Bertz CT molecular complexity index is 168. The highest BCUT2D eigenvalue weighted by Crippen LogP contribution is 2.27. The van der Waals surface area contributed by atoms with E-state index in [1.807, 2.05) is 0 Å². The van der Waals surface area contributed by atoms with Crippen molar-refractivity contribution in [2.75, 3.05) is 33.2 Å². The number of nitrogens with one attached hydrogen (secondary N) is 1. The van der Waals surface area contributed by atoms with Crippen molar-refractivity contribution in [1.29, 1.82) is 0 Å². The summed E-state index contributed by atoms with van der Waals surface area (Å²) in [7, 11) is 2.15. The molecule has 2 aliphatic rings. The SMILES string of the molecule is CN1CCC(O)C(C2CCNC2)C1. The summed E-state index contributed by atoms with van der Waals surface area (Å²) >= 11 is 0. The first kappa shape index (κ1) is 9.44. The third kappa shape index (κ3) is 2.03. The van der Waals surface area contributed by atoms with Crippen LogP contribution in [0.5, 0.6) is 0 Å². The number of likely N-dealkylation sites (tertiary alicyclic amines) is 1. The summed E-state index contributed by atoms with van der Waals surface area (Å²) in [5, 5.41) is 13.3. The predicted molar refractivity (Wildman–Crippen MR) is 52.6 cm³/mol. The number of piperidine rings is 1. The van der Waals surface area contributed by atoms with Crippen molar-refractivity contribution in [2.24, 2.45) is 11.8 Å². The van der Waals surface area contributed by atoms with Gasteiger partial charge in [-0.2, -0.15) is 0 Å². The fourth-order valence-electron chi connectivity index (χ4n) is 2.65. The third-order valence-corrected chi connectivity index (χ3v) is 3.53. The van der Waals surface area contributed by atoms with Crippen LogP contribution >= 0.6 is 0 Å². The van der Waals surface area contributed by atoms with E-state index in [1.54, 1.807) is 0 Å². The van der Waals surface area contributed by atoms with Gasteiger partial charge in [-0.15, -0.1) is 0 Å². The normalized spacial score (nSPS) is 42.5. The molecule has 76 valence electrons. The highest BCUT2D eigenvalue weighted by molar-refractivity contribution is 4.87. The van der Waals surface area contributed by atoms with Gasteiger partial charge in [0.1, 0.15) is 0 Å². The van der Waals surface area contributed by atoms with Crippen molar-refractivity contribution in [3.8, 4) is 0 Å². The summed E-state index contributed by atoms with van der Waals surface area (Å²) in [5.74, 6) is 1.21. The zero-order chi connectivity index (χ0) is 9.26. The van der Waals surface area contributed by atoms with E-state index in [-0.39, 0.29) is 6.10 Å². The van der Waals surface area contributed by atoms with E-state index in [0.717, 1.165) is 32.6 Å². The Hall–Kier alpha value is -0.120. The number of aliphatic hydroxyl groups is 1. The van der Waals surface area contributed by atoms with E-state index in [4.69, 9.17) is 0 Å². The maximum Gasteiger partial charge on any atom is 0.0595 e. The molecular weight excluding hydrogens is 164 g/mol. The van der Waals surface area contributed by atoms with Crippen molar-refractivity contribution in [3.05, 3.63) is 0 Å². The molecule has 2 aliphatic heterocycles. The highest BCUT2D eigenvalue weighted by Gasteiger charge is 2.33. The number of aliphatic hydroxyl groups excluding tert-OH is 1. The van der Waals surface area contributed by atoms with Crippen LogP contribution in [0.1, 0.15) is 12.8 Å². The molecule has 3 heteroatoms. The summed E-state index contributed by atoms with van der Waals surface area (Å²) < 4.78 is 0. The molecule has 0 aromatic carbocycles. The quantitative estimate of drug-likeness (QED) is 0.598. The first-order valence-corrected chi connectivity index (χ1v) is 5.34. The van der Waals surface area contributed by atoms with Crippen LogP contribution in [0.15, 0.2) is 0 Å². The van der Waals surface area contributed by atoms with Crippen LogP contribution < -0.4 is 5.32 Å². The molecule has 0 aromatic rings. The van der Waals surface area contributed by atoms with E-state index in [2.05, 4.69) is 17.3 Å². The number of rotatable bonds is 1. The van der Waals surface area contributed by atoms with Gasteiger partial charge in [0.25, 0.3) is 0 Å². The van der Waals surface area contributed by atoms with Gasteiger partial charge in [0, 0.05) is 19.0 Å². The van der Waals surface area contributed by atoms with Gasteiger partial charge >= 0.3 is 0 Å². The fraction of sp³-hybridized carbons (Fsp3) is 1.00. The molecule has 3 unspecified atom stereocenters.